The predicted molar refractivity (Wildman–Crippen MR) is 61.5 cm³/mol. The van der Waals surface area contributed by atoms with E-state index in [0.717, 1.165) is 19.5 Å². The Bertz CT molecular complexity index is 135. The quantitative estimate of drug-likeness (QED) is 0.645. The van der Waals surface area contributed by atoms with Crippen LogP contribution in [0.5, 0.6) is 0 Å². The molecule has 0 rings (SSSR count). The fourth-order valence-electron chi connectivity index (χ4n) is 1.38. The van der Waals surface area contributed by atoms with Crippen molar-refractivity contribution in [1.29, 1.82) is 0 Å². The highest BCUT2D eigenvalue weighted by Crippen LogP contribution is 2.02. The maximum atomic E-state index is 9.14. The number of nitrogens with one attached hydrogen (secondary N) is 1. The Kier molecular flexibility index (Phi) is 7.15. The lowest BCUT2D eigenvalue weighted by molar-refractivity contribution is 0.178. The van der Waals surface area contributed by atoms with E-state index < -0.39 is 0 Å². The van der Waals surface area contributed by atoms with Gasteiger partial charge in [0.1, 0.15) is 0 Å². The number of hydrogen-bond donors (Lipinski definition) is 2. The zero-order valence-electron chi connectivity index (χ0n) is 10.2. The smallest absolute Gasteiger partial charge is 0.0524 e. The molecule has 3 heteroatoms. The highest BCUT2D eigenvalue weighted by Gasteiger charge is 2.13. The molecule has 14 heavy (non-hydrogen) atoms. The normalized spacial score (nSPS) is 16.3. The number of aliphatic hydroxyl groups excluding tert-OH is 1. The molecule has 0 heterocycles. The van der Waals surface area contributed by atoms with Crippen LogP contribution in [0.15, 0.2) is 0 Å². The fourth-order valence-corrected chi connectivity index (χ4v) is 1.38. The van der Waals surface area contributed by atoms with E-state index in [4.69, 9.17) is 5.11 Å². The van der Waals surface area contributed by atoms with Crippen molar-refractivity contribution < 1.29 is 5.11 Å². The highest BCUT2D eigenvalue weighted by molar-refractivity contribution is 4.73. The van der Waals surface area contributed by atoms with Crippen LogP contribution in [0, 0.1) is 5.92 Å². The first-order valence-electron chi connectivity index (χ1n) is 5.49. The van der Waals surface area contributed by atoms with E-state index in [2.05, 4.69) is 38.2 Å². The van der Waals surface area contributed by atoms with Crippen molar-refractivity contribution in [3.63, 3.8) is 0 Å². The van der Waals surface area contributed by atoms with Gasteiger partial charge in [0.15, 0.2) is 0 Å². The van der Waals surface area contributed by atoms with Crippen molar-refractivity contribution in [2.45, 2.75) is 39.3 Å². The molecule has 0 aliphatic heterocycles. The molecule has 0 aliphatic carbocycles. The van der Waals surface area contributed by atoms with E-state index in [1.807, 2.05) is 6.92 Å². The van der Waals surface area contributed by atoms with Crippen LogP contribution in [0.25, 0.3) is 0 Å². The molecule has 0 saturated carbocycles. The van der Waals surface area contributed by atoms with Crippen LogP contribution in [0.1, 0.15) is 27.2 Å². The minimum atomic E-state index is -0.199. The molecule has 86 valence electrons. The van der Waals surface area contributed by atoms with Crippen molar-refractivity contribution in [2.75, 3.05) is 27.2 Å². The monoisotopic (exact) mass is 202 g/mol. The van der Waals surface area contributed by atoms with E-state index in [0.29, 0.717) is 12.0 Å². The standard InChI is InChI=1S/C11H26N2O/c1-9(2)11(8-13(4)5)12-7-6-10(3)14/h9-12,14H,6-8H2,1-5H3. The van der Waals surface area contributed by atoms with Crippen LogP contribution in [-0.4, -0.2) is 49.3 Å². The predicted octanol–water partition coefficient (Wildman–Crippen LogP) is 0.933. The third kappa shape index (κ3) is 7.30. The first kappa shape index (κ1) is 13.9. The molecule has 3 nitrogen and oxygen atoms in total. The molecule has 2 unspecified atom stereocenters. The van der Waals surface area contributed by atoms with Crippen LogP contribution in [0.2, 0.25) is 0 Å². The van der Waals surface area contributed by atoms with Gasteiger partial charge in [-0.3, -0.25) is 0 Å². The summed E-state index contributed by atoms with van der Waals surface area (Å²) < 4.78 is 0. The number of likely N-dealkylation sites (N-methyl/N-ethyl adjacent to an activating group) is 1. The van der Waals surface area contributed by atoms with Gasteiger partial charge in [-0.2, -0.15) is 0 Å². The zero-order chi connectivity index (χ0) is 11.1. The summed E-state index contributed by atoms with van der Waals surface area (Å²) >= 11 is 0. The Morgan fingerprint density at radius 3 is 2.14 bits per heavy atom. The van der Waals surface area contributed by atoms with Gasteiger partial charge in [-0.1, -0.05) is 13.8 Å². The van der Waals surface area contributed by atoms with Gasteiger partial charge >= 0.3 is 0 Å². The molecule has 0 aromatic heterocycles. The molecule has 0 fully saturated rings. The third-order valence-corrected chi connectivity index (χ3v) is 2.34. The second kappa shape index (κ2) is 7.21. The first-order valence-corrected chi connectivity index (χ1v) is 5.49. The van der Waals surface area contributed by atoms with Crippen molar-refractivity contribution >= 4 is 0 Å². The van der Waals surface area contributed by atoms with Gasteiger partial charge in [-0.15, -0.1) is 0 Å². The average Bonchev–Trinajstić information content (AvgIpc) is 2.00. The molecule has 0 spiro atoms. The Hall–Kier alpha value is -0.120. The molecule has 0 radical (unpaired) electrons. The molecular formula is C11H26N2O. The summed E-state index contributed by atoms with van der Waals surface area (Å²) in [6.45, 7) is 8.23. The van der Waals surface area contributed by atoms with Gasteiger partial charge in [-0.25, -0.2) is 0 Å². The largest absolute Gasteiger partial charge is 0.393 e. The second-order valence-corrected chi connectivity index (χ2v) is 4.70. The SMILES string of the molecule is CC(O)CCNC(CN(C)C)C(C)C. The van der Waals surface area contributed by atoms with Crippen molar-refractivity contribution in [3.8, 4) is 0 Å². The van der Waals surface area contributed by atoms with Gasteiger partial charge in [0.2, 0.25) is 0 Å². The van der Waals surface area contributed by atoms with Gasteiger partial charge in [-0.05, 0) is 39.9 Å². The van der Waals surface area contributed by atoms with E-state index in [-0.39, 0.29) is 6.10 Å². The molecule has 0 bridgehead atoms. The summed E-state index contributed by atoms with van der Waals surface area (Å²) in [5, 5.41) is 12.6. The Morgan fingerprint density at radius 1 is 1.21 bits per heavy atom. The van der Waals surface area contributed by atoms with Gasteiger partial charge < -0.3 is 15.3 Å². The molecule has 0 saturated heterocycles. The summed E-state index contributed by atoms with van der Waals surface area (Å²) in [6.07, 6.45) is 0.631. The maximum Gasteiger partial charge on any atom is 0.0524 e. The Balaban J connectivity index is 3.74. The molecular weight excluding hydrogens is 176 g/mol. The molecule has 0 aromatic rings. The molecule has 0 aromatic carbocycles. The summed E-state index contributed by atoms with van der Waals surface area (Å²) in [5.74, 6) is 0.631. The molecule has 0 amide bonds. The topological polar surface area (TPSA) is 35.5 Å². The molecule has 2 N–H and O–H groups in total. The van der Waals surface area contributed by atoms with Gasteiger partial charge in [0.05, 0.1) is 6.10 Å². The Morgan fingerprint density at radius 2 is 1.79 bits per heavy atom. The fraction of sp³-hybridized carbons (Fsp3) is 1.00. The van der Waals surface area contributed by atoms with Crippen LogP contribution < -0.4 is 5.32 Å². The third-order valence-electron chi connectivity index (χ3n) is 2.34. The van der Waals surface area contributed by atoms with Crippen LogP contribution >= 0.6 is 0 Å². The van der Waals surface area contributed by atoms with E-state index in [1.54, 1.807) is 0 Å². The summed E-state index contributed by atoms with van der Waals surface area (Å²) in [4.78, 5) is 2.19. The van der Waals surface area contributed by atoms with Crippen molar-refractivity contribution in [1.82, 2.24) is 10.2 Å². The maximum absolute atomic E-state index is 9.14. The van der Waals surface area contributed by atoms with Crippen molar-refractivity contribution in [2.24, 2.45) is 5.92 Å². The lowest BCUT2D eigenvalue weighted by Crippen LogP contribution is -2.42. The van der Waals surface area contributed by atoms with Gasteiger partial charge in [0.25, 0.3) is 0 Å². The Labute approximate surface area is 88.5 Å². The zero-order valence-corrected chi connectivity index (χ0v) is 10.2. The number of nitrogens with zero attached hydrogens (tertiary/aromatic N) is 1. The summed E-state index contributed by atoms with van der Waals surface area (Å²) in [6, 6.07) is 0.517. The number of hydrogen-bond acceptors (Lipinski definition) is 3. The molecule has 0 aliphatic rings. The lowest BCUT2D eigenvalue weighted by Gasteiger charge is -2.26. The minimum absolute atomic E-state index is 0.199. The van der Waals surface area contributed by atoms with Crippen LogP contribution in [0.4, 0.5) is 0 Å². The summed E-state index contributed by atoms with van der Waals surface area (Å²) in [5.41, 5.74) is 0. The van der Waals surface area contributed by atoms with Crippen molar-refractivity contribution in [3.05, 3.63) is 0 Å². The number of rotatable bonds is 7. The average molecular weight is 202 g/mol. The van der Waals surface area contributed by atoms with E-state index >= 15 is 0 Å². The lowest BCUT2D eigenvalue weighted by atomic mass is 10.0. The van der Waals surface area contributed by atoms with Crippen LogP contribution in [-0.2, 0) is 0 Å². The minimum Gasteiger partial charge on any atom is -0.393 e. The van der Waals surface area contributed by atoms with Gasteiger partial charge in [0, 0.05) is 12.6 Å². The van der Waals surface area contributed by atoms with Crippen LogP contribution in [0.3, 0.4) is 0 Å². The van der Waals surface area contributed by atoms with E-state index in [1.165, 1.54) is 0 Å². The van der Waals surface area contributed by atoms with E-state index in [9.17, 15) is 0 Å². The summed E-state index contributed by atoms with van der Waals surface area (Å²) in [7, 11) is 4.18. The second-order valence-electron chi connectivity index (χ2n) is 4.70. The number of aliphatic hydroxyl groups is 1. The molecule has 2 atom stereocenters. The highest BCUT2D eigenvalue weighted by atomic mass is 16.3. The first-order chi connectivity index (χ1) is 6.43.